The number of hydrogen-bond acceptors (Lipinski definition) is 4. The van der Waals surface area contributed by atoms with Crippen molar-refractivity contribution >= 4 is 6.03 Å². The number of fused-ring (bicyclic) bond motifs is 1. The predicted octanol–water partition coefficient (Wildman–Crippen LogP) is 2.00. The molecular formula is C14H15FN4O2. The highest BCUT2D eigenvalue weighted by molar-refractivity contribution is 5.74. The average molecular weight is 290 g/mol. The topological polar surface area (TPSA) is 80.1 Å². The lowest BCUT2D eigenvalue weighted by Crippen LogP contribution is -2.37. The van der Waals surface area contributed by atoms with Crippen molar-refractivity contribution < 1.29 is 13.8 Å². The summed E-state index contributed by atoms with van der Waals surface area (Å²) in [5.41, 5.74) is 3.18. The van der Waals surface area contributed by atoms with Gasteiger partial charge in [-0.05, 0) is 43.0 Å². The first kappa shape index (κ1) is 13.5. The molecule has 0 aliphatic heterocycles. The van der Waals surface area contributed by atoms with Crippen LogP contribution in [-0.4, -0.2) is 16.3 Å². The van der Waals surface area contributed by atoms with Crippen molar-refractivity contribution in [1.82, 2.24) is 20.9 Å². The molecule has 0 bridgehead atoms. The van der Waals surface area contributed by atoms with E-state index in [0.29, 0.717) is 11.4 Å². The molecule has 0 saturated heterocycles. The number of aryl methyl sites for hydroxylation is 2. The molecule has 2 aromatic rings. The predicted molar refractivity (Wildman–Crippen MR) is 71.9 cm³/mol. The van der Waals surface area contributed by atoms with Gasteiger partial charge in [0, 0.05) is 0 Å². The lowest BCUT2D eigenvalue weighted by molar-refractivity contribution is 0.236. The number of carbonyl (C=O) groups is 1. The van der Waals surface area contributed by atoms with Crippen LogP contribution in [0.25, 0.3) is 0 Å². The maximum absolute atomic E-state index is 13.1. The Labute approximate surface area is 120 Å². The molecule has 1 aliphatic rings. The van der Waals surface area contributed by atoms with Crippen LogP contribution < -0.4 is 10.6 Å². The summed E-state index contributed by atoms with van der Waals surface area (Å²) in [6, 6.07) is 4.30. The van der Waals surface area contributed by atoms with Gasteiger partial charge in [-0.3, -0.25) is 0 Å². The highest BCUT2D eigenvalue weighted by Gasteiger charge is 2.24. The fraction of sp³-hybridized carbons (Fsp3) is 0.357. The zero-order valence-corrected chi connectivity index (χ0v) is 11.5. The third-order valence-electron chi connectivity index (χ3n) is 3.65. The summed E-state index contributed by atoms with van der Waals surface area (Å²) in [6.07, 6.45) is 1.54. The standard InChI is InChI=1S/C14H15FN4O2/c1-8-13(19-21-18-8)7-16-14(20)17-12-5-2-9-6-10(15)3-4-11(9)12/h3-4,6,12H,2,5,7H2,1H3,(H2,16,17,20)/t12-/m1/s1. The summed E-state index contributed by atoms with van der Waals surface area (Å²) in [6.45, 7) is 2.01. The van der Waals surface area contributed by atoms with Crippen LogP contribution in [0.2, 0.25) is 0 Å². The van der Waals surface area contributed by atoms with Crippen LogP contribution in [0, 0.1) is 12.7 Å². The Morgan fingerprint density at radius 1 is 1.48 bits per heavy atom. The van der Waals surface area contributed by atoms with Gasteiger partial charge >= 0.3 is 6.03 Å². The SMILES string of the molecule is Cc1nonc1CNC(=O)N[C@@H]1CCc2cc(F)ccc21. The summed E-state index contributed by atoms with van der Waals surface area (Å²) in [4.78, 5) is 11.9. The molecule has 0 radical (unpaired) electrons. The van der Waals surface area contributed by atoms with Crippen LogP contribution >= 0.6 is 0 Å². The molecule has 0 saturated carbocycles. The zero-order chi connectivity index (χ0) is 14.8. The molecule has 2 amide bonds. The minimum atomic E-state index is -0.292. The van der Waals surface area contributed by atoms with E-state index in [1.165, 1.54) is 12.1 Å². The maximum atomic E-state index is 13.1. The number of aromatic nitrogens is 2. The molecule has 1 heterocycles. The van der Waals surface area contributed by atoms with Gasteiger partial charge in [-0.1, -0.05) is 16.4 Å². The zero-order valence-electron chi connectivity index (χ0n) is 11.5. The number of nitrogens with zero attached hydrogens (tertiary/aromatic N) is 2. The lowest BCUT2D eigenvalue weighted by atomic mass is 10.1. The van der Waals surface area contributed by atoms with Crippen LogP contribution in [0.4, 0.5) is 9.18 Å². The first-order chi connectivity index (χ1) is 10.1. The van der Waals surface area contributed by atoms with Crippen LogP contribution in [-0.2, 0) is 13.0 Å². The molecule has 2 N–H and O–H groups in total. The van der Waals surface area contributed by atoms with Gasteiger partial charge < -0.3 is 10.6 Å². The summed E-state index contributed by atoms with van der Waals surface area (Å²) < 4.78 is 17.7. The largest absolute Gasteiger partial charge is 0.332 e. The highest BCUT2D eigenvalue weighted by atomic mass is 19.1. The van der Waals surface area contributed by atoms with Crippen molar-refractivity contribution in [2.45, 2.75) is 32.4 Å². The van der Waals surface area contributed by atoms with Gasteiger partial charge in [0.15, 0.2) is 0 Å². The van der Waals surface area contributed by atoms with Gasteiger partial charge in [-0.15, -0.1) is 0 Å². The maximum Gasteiger partial charge on any atom is 0.315 e. The Morgan fingerprint density at radius 3 is 3.10 bits per heavy atom. The Morgan fingerprint density at radius 2 is 2.33 bits per heavy atom. The third-order valence-corrected chi connectivity index (χ3v) is 3.65. The smallest absolute Gasteiger partial charge is 0.315 e. The van der Waals surface area contributed by atoms with E-state index in [2.05, 4.69) is 25.6 Å². The number of amides is 2. The molecule has 6 nitrogen and oxygen atoms in total. The van der Waals surface area contributed by atoms with Gasteiger partial charge in [0.2, 0.25) is 0 Å². The first-order valence-electron chi connectivity index (χ1n) is 6.74. The van der Waals surface area contributed by atoms with Crippen molar-refractivity contribution in [3.8, 4) is 0 Å². The van der Waals surface area contributed by atoms with Gasteiger partial charge in [0.1, 0.15) is 17.2 Å². The number of carbonyl (C=O) groups excluding carboxylic acids is 1. The number of hydrogen-bond donors (Lipinski definition) is 2. The second-order valence-corrected chi connectivity index (χ2v) is 5.06. The molecule has 1 aliphatic carbocycles. The monoisotopic (exact) mass is 290 g/mol. The van der Waals surface area contributed by atoms with Crippen LogP contribution in [0.1, 0.15) is 35.0 Å². The number of nitrogens with one attached hydrogen (secondary N) is 2. The Bertz CT molecular complexity index is 671. The van der Waals surface area contributed by atoms with E-state index in [1.807, 2.05) is 0 Å². The molecule has 0 spiro atoms. The minimum absolute atomic E-state index is 0.0860. The van der Waals surface area contributed by atoms with E-state index in [0.717, 1.165) is 24.0 Å². The van der Waals surface area contributed by atoms with Crippen molar-refractivity contribution in [1.29, 1.82) is 0 Å². The normalized spacial score (nSPS) is 16.6. The van der Waals surface area contributed by atoms with Gasteiger partial charge in [-0.25, -0.2) is 13.8 Å². The molecule has 7 heteroatoms. The summed E-state index contributed by atoms with van der Waals surface area (Å²) in [7, 11) is 0. The van der Waals surface area contributed by atoms with Crippen molar-refractivity contribution in [2.75, 3.05) is 0 Å². The van der Waals surface area contributed by atoms with Crippen molar-refractivity contribution in [3.05, 3.63) is 46.5 Å². The fourth-order valence-electron chi connectivity index (χ4n) is 2.52. The Hall–Kier alpha value is -2.44. The van der Waals surface area contributed by atoms with Crippen LogP contribution in [0.15, 0.2) is 22.8 Å². The molecule has 110 valence electrons. The molecule has 1 aromatic carbocycles. The number of halogens is 1. The lowest BCUT2D eigenvalue weighted by Gasteiger charge is -2.14. The van der Waals surface area contributed by atoms with Crippen LogP contribution in [0.5, 0.6) is 0 Å². The van der Waals surface area contributed by atoms with Gasteiger partial charge in [0.25, 0.3) is 0 Å². The van der Waals surface area contributed by atoms with Gasteiger partial charge in [0.05, 0.1) is 12.6 Å². The van der Waals surface area contributed by atoms with E-state index < -0.39 is 0 Å². The molecule has 1 atom stereocenters. The number of rotatable bonds is 3. The summed E-state index contributed by atoms with van der Waals surface area (Å²) in [5.74, 6) is -0.243. The van der Waals surface area contributed by atoms with E-state index in [9.17, 15) is 9.18 Å². The molecule has 21 heavy (non-hydrogen) atoms. The first-order valence-corrected chi connectivity index (χ1v) is 6.74. The molecular weight excluding hydrogens is 275 g/mol. The third kappa shape index (κ3) is 2.86. The molecule has 3 rings (SSSR count). The molecule has 0 fully saturated rings. The van der Waals surface area contributed by atoms with Crippen molar-refractivity contribution in [3.63, 3.8) is 0 Å². The number of urea groups is 1. The van der Waals surface area contributed by atoms with Crippen LogP contribution in [0.3, 0.4) is 0 Å². The Balaban J connectivity index is 1.58. The highest BCUT2D eigenvalue weighted by Crippen LogP contribution is 2.31. The van der Waals surface area contributed by atoms with E-state index in [1.54, 1.807) is 13.0 Å². The van der Waals surface area contributed by atoms with Gasteiger partial charge in [-0.2, -0.15) is 0 Å². The average Bonchev–Trinajstić information content (AvgIpc) is 3.03. The Kier molecular flexibility index (Phi) is 3.55. The fourth-order valence-corrected chi connectivity index (χ4v) is 2.52. The number of benzene rings is 1. The van der Waals surface area contributed by atoms with E-state index in [-0.39, 0.29) is 24.4 Å². The molecule has 1 aromatic heterocycles. The van der Waals surface area contributed by atoms with E-state index in [4.69, 9.17) is 0 Å². The summed E-state index contributed by atoms with van der Waals surface area (Å²) >= 11 is 0. The van der Waals surface area contributed by atoms with Crippen molar-refractivity contribution in [2.24, 2.45) is 0 Å². The summed E-state index contributed by atoms with van der Waals surface area (Å²) in [5, 5.41) is 12.9. The minimum Gasteiger partial charge on any atom is -0.332 e. The second-order valence-electron chi connectivity index (χ2n) is 5.06. The molecule has 0 unspecified atom stereocenters. The van der Waals surface area contributed by atoms with E-state index >= 15 is 0 Å². The quantitative estimate of drug-likeness (QED) is 0.906. The second kappa shape index (κ2) is 5.51.